The highest BCUT2D eigenvalue weighted by Crippen LogP contribution is 2.31. The van der Waals surface area contributed by atoms with Gasteiger partial charge in [0.05, 0.1) is 18.4 Å². The van der Waals surface area contributed by atoms with E-state index in [2.05, 4.69) is 29.2 Å². The Hall–Kier alpha value is -2.36. The van der Waals surface area contributed by atoms with E-state index >= 15 is 0 Å². The van der Waals surface area contributed by atoms with Crippen LogP contribution < -0.4 is 4.74 Å². The third-order valence-corrected chi connectivity index (χ3v) is 3.90. The van der Waals surface area contributed by atoms with E-state index in [1.165, 1.54) is 29.8 Å². The lowest BCUT2D eigenvalue weighted by molar-refractivity contribution is 0.0696. The molecular formula is C17H17NO3. The molecule has 4 nitrogen and oxygen atoms in total. The Morgan fingerprint density at radius 3 is 3.05 bits per heavy atom. The van der Waals surface area contributed by atoms with Gasteiger partial charge in [0.15, 0.2) is 0 Å². The first-order valence-corrected chi connectivity index (χ1v) is 7.13. The van der Waals surface area contributed by atoms with Crippen LogP contribution in [0.1, 0.15) is 40.2 Å². The molecule has 4 heteroatoms. The van der Waals surface area contributed by atoms with Crippen LogP contribution in [0.5, 0.6) is 5.75 Å². The molecule has 1 unspecified atom stereocenters. The number of hydrogen-bond acceptors (Lipinski definition) is 3. The Balaban J connectivity index is 1.71. The molecule has 1 aromatic carbocycles. The number of rotatable bonds is 4. The van der Waals surface area contributed by atoms with Gasteiger partial charge in [-0.3, -0.25) is 4.98 Å². The molecule has 0 bridgehead atoms. The van der Waals surface area contributed by atoms with Gasteiger partial charge in [-0.15, -0.1) is 0 Å². The number of nitrogens with zero attached hydrogens (tertiary/aromatic N) is 1. The van der Waals surface area contributed by atoms with Gasteiger partial charge in [-0.2, -0.15) is 0 Å². The molecule has 0 fully saturated rings. The van der Waals surface area contributed by atoms with Gasteiger partial charge in [0.1, 0.15) is 5.75 Å². The third-order valence-electron chi connectivity index (χ3n) is 3.90. The Kier molecular flexibility index (Phi) is 3.86. The van der Waals surface area contributed by atoms with Crippen molar-refractivity contribution in [3.63, 3.8) is 0 Å². The maximum Gasteiger partial charge on any atom is 0.337 e. The number of carboxylic acid groups (broad SMARTS) is 1. The van der Waals surface area contributed by atoms with Crippen molar-refractivity contribution in [2.45, 2.75) is 25.2 Å². The van der Waals surface area contributed by atoms with Crippen LogP contribution in [-0.2, 0) is 6.42 Å². The first kappa shape index (κ1) is 13.6. The Bertz CT molecular complexity index is 654. The molecule has 3 rings (SSSR count). The van der Waals surface area contributed by atoms with E-state index in [4.69, 9.17) is 9.84 Å². The number of aromatic nitrogens is 1. The quantitative estimate of drug-likeness (QED) is 0.935. The monoisotopic (exact) mass is 283 g/mol. The number of pyridine rings is 1. The summed E-state index contributed by atoms with van der Waals surface area (Å²) in [4.78, 5) is 14.8. The van der Waals surface area contributed by atoms with Crippen LogP contribution in [0.25, 0.3) is 0 Å². The molecule has 0 saturated carbocycles. The zero-order chi connectivity index (χ0) is 14.7. The number of aryl methyl sites for hydroxylation is 1. The van der Waals surface area contributed by atoms with E-state index in [0.29, 0.717) is 18.3 Å². The van der Waals surface area contributed by atoms with Crippen molar-refractivity contribution in [3.05, 3.63) is 59.4 Å². The minimum atomic E-state index is -0.990. The molecule has 1 aromatic heterocycles. The third kappa shape index (κ3) is 3.05. The van der Waals surface area contributed by atoms with Crippen LogP contribution in [0.3, 0.4) is 0 Å². The fourth-order valence-electron chi connectivity index (χ4n) is 2.84. The lowest BCUT2D eigenvalue weighted by Gasteiger charge is -2.25. The second kappa shape index (κ2) is 5.95. The van der Waals surface area contributed by atoms with Crippen LogP contribution in [0.15, 0.2) is 42.7 Å². The number of ether oxygens (including phenoxy) is 1. The normalized spacial score (nSPS) is 17.0. The van der Waals surface area contributed by atoms with Gasteiger partial charge in [-0.25, -0.2) is 4.79 Å². The highest BCUT2D eigenvalue weighted by Gasteiger charge is 2.20. The fraction of sp³-hybridized carbons (Fsp3) is 0.294. The topological polar surface area (TPSA) is 59.4 Å². The molecule has 21 heavy (non-hydrogen) atoms. The molecule has 1 aliphatic carbocycles. The molecule has 0 radical (unpaired) electrons. The van der Waals surface area contributed by atoms with E-state index in [-0.39, 0.29) is 5.56 Å². The van der Waals surface area contributed by atoms with Crippen LogP contribution in [0, 0.1) is 0 Å². The van der Waals surface area contributed by atoms with Gasteiger partial charge >= 0.3 is 5.97 Å². The maximum absolute atomic E-state index is 10.9. The summed E-state index contributed by atoms with van der Waals surface area (Å²) in [7, 11) is 0. The van der Waals surface area contributed by atoms with Crippen molar-refractivity contribution in [2.24, 2.45) is 0 Å². The summed E-state index contributed by atoms with van der Waals surface area (Å²) in [5, 5.41) is 8.96. The SMILES string of the molecule is O=C(O)c1cncc(OCC2CCCc3ccccc32)c1. The van der Waals surface area contributed by atoms with E-state index in [9.17, 15) is 4.79 Å². The molecule has 0 spiro atoms. The number of aromatic carboxylic acids is 1. The minimum absolute atomic E-state index is 0.150. The lowest BCUT2D eigenvalue weighted by atomic mass is 9.83. The van der Waals surface area contributed by atoms with Gasteiger partial charge in [-0.1, -0.05) is 24.3 Å². The van der Waals surface area contributed by atoms with Gasteiger partial charge in [0.2, 0.25) is 0 Å². The Labute approximate surface area is 123 Å². The maximum atomic E-state index is 10.9. The molecule has 1 heterocycles. The zero-order valence-electron chi connectivity index (χ0n) is 11.7. The van der Waals surface area contributed by atoms with Crippen LogP contribution >= 0.6 is 0 Å². The highest BCUT2D eigenvalue weighted by atomic mass is 16.5. The van der Waals surface area contributed by atoms with E-state index in [0.717, 1.165) is 12.8 Å². The average molecular weight is 283 g/mol. The van der Waals surface area contributed by atoms with E-state index < -0.39 is 5.97 Å². The molecule has 0 aliphatic heterocycles. The molecule has 108 valence electrons. The molecule has 0 amide bonds. The van der Waals surface area contributed by atoms with Gasteiger partial charge < -0.3 is 9.84 Å². The van der Waals surface area contributed by atoms with Crippen molar-refractivity contribution < 1.29 is 14.6 Å². The predicted octanol–water partition coefficient (Wildman–Crippen LogP) is 3.28. The fourth-order valence-corrected chi connectivity index (χ4v) is 2.84. The van der Waals surface area contributed by atoms with Gasteiger partial charge in [0.25, 0.3) is 0 Å². The zero-order valence-corrected chi connectivity index (χ0v) is 11.7. The summed E-state index contributed by atoms with van der Waals surface area (Å²) in [6.07, 6.45) is 6.27. The van der Waals surface area contributed by atoms with Crippen molar-refractivity contribution in [1.82, 2.24) is 4.98 Å². The highest BCUT2D eigenvalue weighted by molar-refractivity contribution is 5.87. The molecule has 0 saturated heterocycles. The van der Waals surface area contributed by atoms with Crippen LogP contribution in [0.2, 0.25) is 0 Å². The Morgan fingerprint density at radius 2 is 2.19 bits per heavy atom. The second-order valence-electron chi connectivity index (χ2n) is 5.31. The van der Waals surface area contributed by atoms with Crippen LogP contribution in [0.4, 0.5) is 0 Å². The number of fused-ring (bicyclic) bond motifs is 1. The summed E-state index contributed by atoms with van der Waals surface area (Å²) in [6, 6.07) is 9.98. The largest absolute Gasteiger partial charge is 0.491 e. The Morgan fingerprint density at radius 1 is 1.33 bits per heavy atom. The first-order valence-electron chi connectivity index (χ1n) is 7.13. The standard InChI is InChI=1S/C17H17NO3/c19-17(20)14-8-15(10-18-9-14)21-11-13-6-3-5-12-4-1-2-7-16(12)13/h1-2,4,7-10,13H,3,5-6,11H2,(H,19,20). The molecular weight excluding hydrogens is 266 g/mol. The smallest absolute Gasteiger partial charge is 0.337 e. The van der Waals surface area contributed by atoms with Crippen molar-refractivity contribution in [2.75, 3.05) is 6.61 Å². The molecule has 1 atom stereocenters. The van der Waals surface area contributed by atoms with E-state index in [1.807, 2.05) is 0 Å². The minimum Gasteiger partial charge on any atom is -0.491 e. The predicted molar refractivity (Wildman–Crippen MR) is 78.8 cm³/mol. The number of benzene rings is 1. The van der Waals surface area contributed by atoms with Crippen LogP contribution in [-0.4, -0.2) is 22.7 Å². The summed E-state index contributed by atoms with van der Waals surface area (Å²) in [6.45, 7) is 0.557. The van der Waals surface area contributed by atoms with Crippen molar-refractivity contribution in [3.8, 4) is 5.75 Å². The van der Waals surface area contributed by atoms with Gasteiger partial charge in [-0.05, 0) is 36.5 Å². The van der Waals surface area contributed by atoms with Crippen molar-refractivity contribution >= 4 is 5.97 Å². The number of hydrogen-bond donors (Lipinski definition) is 1. The summed E-state index contributed by atoms with van der Waals surface area (Å²) in [5.74, 6) is -0.114. The molecule has 1 aliphatic rings. The average Bonchev–Trinajstić information content (AvgIpc) is 2.53. The van der Waals surface area contributed by atoms with E-state index in [1.54, 1.807) is 6.20 Å². The summed E-state index contributed by atoms with van der Waals surface area (Å²) >= 11 is 0. The lowest BCUT2D eigenvalue weighted by Crippen LogP contribution is -2.16. The number of carbonyl (C=O) groups is 1. The molecule has 2 aromatic rings. The van der Waals surface area contributed by atoms with Gasteiger partial charge in [0, 0.05) is 12.1 Å². The number of carboxylic acids is 1. The van der Waals surface area contributed by atoms with Crippen molar-refractivity contribution in [1.29, 1.82) is 0 Å². The summed E-state index contributed by atoms with van der Waals surface area (Å²) in [5.41, 5.74) is 2.90. The summed E-state index contributed by atoms with van der Waals surface area (Å²) < 4.78 is 5.77. The molecule has 1 N–H and O–H groups in total. The first-order chi connectivity index (χ1) is 10.2. The second-order valence-corrected chi connectivity index (χ2v) is 5.31.